The second-order valence-electron chi connectivity index (χ2n) is 9.86. The summed E-state index contributed by atoms with van der Waals surface area (Å²) >= 11 is 0. The number of rotatable bonds is 0. The van der Waals surface area contributed by atoms with E-state index in [2.05, 4.69) is 16.3 Å². The predicted molar refractivity (Wildman–Crippen MR) is 120 cm³/mol. The van der Waals surface area contributed by atoms with E-state index < -0.39 is 17.5 Å². The van der Waals surface area contributed by atoms with Crippen molar-refractivity contribution in [1.29, 1.82) is 0 Å². The summed E-state index contributed by atoms with van der Waals surface area (Å²) in [5.41, 5.74) is 1.91. The van der Waals surface area contributed by atoms with E-state index in [4.69, 9.17) is 4.98 Å². The third-order valence-electron chi connectivity index (χ3n) is 8.54. The van der Waals surface area contributed by atoms with Gasteiger partial charge in [-0.05, 0) is 43.0 Å². The van der Waals surface area contributed by atoms with Gasteiger partial charge in [0.25, 0.3) is 5.56 Å². The summed E-state index contributed by atoms with van der Waals surface area (Å²) in [5.74, 6) is 0.607. The molecule has 9 rings (SSSR count). The fourth-order valence-electron chi connectivity index (χ4n) is 7.36. The summed E-state index contributed by atoms with van der Waals surface area (Å²) in [6.07, 6.45) is 2.15. The largest absolute Gasteiger partial charge is 0.343 e. The number of nitrogens with one attached hydrogen (secondary N) is 1. The van der Waals surface area contributed by atoms with Gasteiger partial charge in [-0.25, -0.2) is 4.98 Å². The monoisotopic (exact) mass is 439 g/mol. The van der Waals surface area contributed by atoms with Crippen molar-refractivity contribution in [1.82, 2.24) is 19.8 Å². The number of para-hydroxylation sites is 2. The van der Waals surface area contributed by atoms with Gasteiger partial charge in [0.1, 0.15) is 24.1 Å². The fraction of sp³-hybridized carbons (Fsp3) is 0.360. The molecule has 2 bridgehead atoms. The van der Waals surface area contributed by atoms with Crippen LogP contribution in [-0.4, -0.2) is 45.0 Å². The molecule has 1 spiro atoms. The van der Waals surface area contributed by atoms with Gasteiger partial charge in [0, 0.05) is 12.2 Å². The van der Waals surface area contributed by atoms with Gasteiger partial charge < -0.3 is 5.32 Å². The van der Waals surface area contributed by atoms with E-state index in [1.165, 1.54) is 0 Å². The molecule has 0 radical (unpaired) electrons. The van der Waals surface area contributed by atoms with Crippen molar-refractivity contribution in [3.05, 3.63) is 70.3 Å². The molecule has 6 aliphatic heterocycles. The van der Waals surface area contributed by atoms with E-state index in [1.54, 1.807) is 10.6 Å². The number of nitrogens with zero attached hydrogens (tertiary/aromatic N) is 4. The molecular formula is C25H21N5O3. The standard InChI is InChI=1S/C25H21N5O3/c31-21-18-12-25(19(27-21)20-26-15-8-3-1-6-13(15)22(32)29(18)20)14-7-2-4-9-16(14)30-23(33)17-10-5-11-28(17)24(25)30/h1-4,6-9,17-19,24H,5,10-12H2,(H,27,31)/t17-,18?,19+,24+,25-/m0/s1. The number of amides is 2. The fourth-order valence-corrected chi connectivity index (χ4v) is 7.36. The second kappa shape index (κ2) is 5.69. The minimum atomic E-state index is -0.653. The normalized spacial score (nSPS) is 33.4. The Labute approximate surface area is 188 Å². The predicted octanol–water partition coefficient (Wildman–Crippen LogP) is 1.60. The molecule has 3 fully saturated rings. The van der Waals surface area contributed by atoms with Crippen LogP contribution in [0.3, 0.4) is 0 Å². The highest BCUT2D eigenvalue weighted by Gasteiger charge is 2.70. The maximum absolute atomic E-state index is 13.5. The maximum Gasteiger partial charge on any atom is 0.262 e. The molecule has 1 N–H and O–H groups in total. The number of piperidine rings is 1. The molecule has 3 saturated heterocycles. The Bertz CT molecular complexity index is 1480. The van der Waals surface area contributed by atoms with Crippen LogP contribution in [0.1, 0.15) is 42.7 Å². The first-order valence-corrected chi connectivity index (χ1v) is 11.6. The lowest BCUT2D eigenvalue weighted by molar-refractivity contribution is -0.133. The number of fused-ring (bicyclic) bond motifs is 7. The van der Waals surface area contributed by atoms with Crippen LogP contribution in [0.2, 0.25) is 0 Å². The molecule has 8 nitrogen and oxygen atoms in total. The zero-order valence-corrected chi connectivity index (χ0v) is 17.8. The third kappa shape index (κ3) is 1.86. The van der Waals surface area contributed by atoms with Crippen LogP contribution >= 0.6 is 0 Å². The second-order valence-corrected chi connectivity index (χ2v) is 9.86. The van der Waals surface area contributed by atoms with Crippen molar-refractivity contribution in [2.75, 3.05) is 11.4 Å². The Balaban J connectivity index is 1.44. The smallest absolute Gasteiger partial charge is 0.262 e. The van der Waals surface area contributed by atoms with Crippen LogP contribution in [0.15, 0.2) is 53.3 Å². The molecule has 7 heterocycles. The van der Waals surface area contributed by atoms with E-state index in [9.17, 15) is 14.4 Å². The number of anilines is 1. The summed E-state index contributed by atoms with van der Waals surface area (Å²) in [4.78, 5) is 49.4. The molecule has 2 aromatic carbocycles. The number of carbonyl (C=O) groups excluding carboxylic acids is 2. The van der Waals surface area contributed by atoms with Crippen LogP contribution in [0.4, 0.5) is 5.69 Å². The molecule has 164 valence electrons. The molecule has 33 heavy (non-hydrogen) atoms. The zero-order valence-electron chi connectivity index (χ0n) is 17.8. The van der Waals surface area contributed by atoms with Crippen LogP contribution in [0.25, 0.3) is 10.9 Å². The van der Waals surface area contributed by atoms with Gasteiger partial charge >= 0.3 is 0 Å². The zero-order chi connectivity index (χ0) is 22.1. The van der Waals surface area contributed by atoms with Crippen molar-refractivity contribution in [2.24, 2.45) is 0 Å². The van der Waals surface area contributed by atoms with Crippen LogP contribution in [0.5, 0.6) is 0 Å². The van der Waals surface area contributed by atoms with E-state index in [-0.39, 0.29) is 29.6 Å². The number of hydrogen-bond acceptors (Lipinski definition) is 5. The van der Waals surface area contributed by atoms with Crippen molar-refractivity contribution < 1.29 is 9.59 Å². The van der Waals surface area contributed by atoms with Crippen molar-refractivity contribution >= 4 is 28.4 Å². The minimum Gasteiger partial charge on any atom is -0.343 e. The molecule has 1 unspecified atom stereocenters. The Hall–Kier alpha value is -3.52. The van der Waals surface area contributed by atoms with Crippen molar-refractivity contribution in [2.45, 2.75) is 49.0 Å². The first-order chi connectivity index (χ1) is 16.1. The Morgan fingerprint density at radius 2 is 1.82 bits per heavy atom. The number of benzene rings is 2. The summed E-state index contributed by atoms with van der Waals surface area (Å²) in [5, 5.41) is 3.75. The minimum absolute atomic E-state index is 0.108. The van der Waals surface area contributed by atoms with E-state index in [0.717, 1.165) is 30.6 Å². The molecule has 3 aromatic rings. The van der Waals surface area contributed by atoms with Crippen molar-refractivity contribution in [3.8, 4) is 0 Å². The lowest BCUT2D eigenvalue weighted by Crippen LogP contribution is -2.66. The first kappa shape index (κ1) is 18.0. The summed E-state index contributed by atoms with van der Waals surface area (Å²) in [7, 11) is 0. The number of hydrogen-bond donors (Lipinski definition) is 1. The first-order valence-electron chi connectivity index (χ1n) is 11.6. The van der Waals surface area contributed by atoms with Crippen LogP contribution in [-0.2, 0) is 15.0 Å². The topological polar surface area (TPSA) is 87.5 Å². The quantitative estimate of drug-likeness (QED) is 0.575. The highest BCUT2D eigenvalue weighted by Crippen LogP contribution is 2.62. The summed E-state index contributed by atoms with van der Waals surface area (Å²) in [6, 6.07) is 14.1. The molecule has 0 aliphatic carbocycles. The molecule has 5 atom stereocenters. The highest BCUT2D eigenvalue weighted by atomic mass is 16.2. The van der Waals surface area contributed by atoms with Crippen LogP contribution in [0, 0.1) is 0 Å². The van der Waals surface area contributed by atoms with Crippen LogP contribution < -0.4 is 15.8 Å². The Morgan fingerprint density at radius 1 is 1.00 bits per heavy atom. The van der Waals surface area contributed by atoms with Gasteiger partial charge in [-0.15, -0.1) is 0 Å². The summed E-state index contributed by atoms with van der Waals surface area (Å²) in [6.45, 7) is 0.858. The SMILES string of the molecule is O=C1N[C@@H]2c3nc4ccccc4c(=O)n3C1C[C@]21c2ccccc2N2C(=O)[C@@H]3CCCN3[C@H]21. The number of carbonyl (C=O) groups is 2. The number of aromatic nitrogens is 2. The van der Waals surface area contributed by atoms with Gasteiger partial charge in [0.2, 0.25) is 11.8 Å². The third-order valence-corrected chi connectivity index (χ3v) is 8.54. The Kier molecular flexibility index (Phi) is 3.10. The average Bonchev–Trinajstić information content (AvgIpc) is 3.49. The molecule has 6 aliphatic rings. The van der Waals surface area contributed by atoms with Crippen molar-refractivity contribution in [3.63, 3.8) is 0 Å². The lowest BCUT2D eigenvalue weighted by atomic mass is 9.64. The average molecular weight is 439 g/mol. The van der Waals surface area contributed by atoms with E-state index in [0.29, 0.717) is 23.1 Å². The van der Waals surface area contributed by atoms with E-state index in [1.807, 2.05) is 41.3 Å². The highest BCUT2D eigenvalue weighted by molar-refractivity contribution is 6.03. The summed E-state index contributed by atoms with van der Waals surface area (Å²) < 4.78 is 1.61. The van der Waals surface area contributed by atoms with Gasteiger partial charge in [-0.2, -0.15) is 0 Å². The molecule has 0 saturated carbocycles. The molecule has 1 aromatic heterocycles. The van der Waals surface area contributed by atoms with Gasteiger partial charge in [0.05, 0.1) is 22.4 Å². The lowest BCUT2D eigenvalue weighted by Gasteiger charge is -2.53. The maximum atomic E-state index is 13.5. The molecular weight excluding hydrogens is 418 g/mol. The Morgan fingerprint density at radius 3 is 2.73 bits per heavy atom. The van der Waals surface area contributed by atoms with Gasteiger partial charge in [-0.1, -0.05) is 30.3 Å². The van der Waals surface area contributed by atoms with Gasteiger partial charge in [0.15, 0.2) is 0 Å². The molecule has 2 amide bonds. The molecule has 8 heteroatoms. The van der Waals surface area contributed by atoms with Gasteiger partial charge in [-0.3, -0.25) is 28.8 Å². The van der Waals surface area contributed by atoms with E-state index >= 15 is 0 Å².